The zero-order chi connectivity index (χ0) is 21.0. The third-order valence-corrected chi connectivity index (χ3v) is 8.23. The minimum absolute atomic E-state index is 0.0347. The summed E-state index contributed by atoms with van der Waals surface area (Å²) in [5.74, 6) is 3.41. The molecule has 3 aromatic rings. The highest BCUT2D eigenvalue weighted by molar-refractivity contribution is 7.99. The number of hydrogen-bond acceptors (Lipinski definition) is 3. The Morgan fingerprint density at radius 1 is 1.03 bits per heavy atom. The molecule has 1 amide bonds. The van der Waals surface area contributed by atoms with E-state index in [1.165, 1.54) is 42.0 Å². The van der Waals surface area contributed by atoms with Gasteiger partial charge in [-0.05, 0) is 84.1 Å². The molecular formula is C27H30N2OS. The number of aryl methyl sites for hydroxylation is 1. The summed E-state index contributed by atoms with van der Waals surface area (Å²) in [4.78, 5) is 17.4. The number of rotatable bonds is 8. The number of amides is 1. The molecule has 2 aromatic carbocycles. The van der Waals surface area contributed by atoms with Gasteiger partial charge in [0.2, 0.25) is 0 Å². The van der Waals surface area contributed by atoms with Crippen molar-refractivity contribution < 1.29 is 4.79 Å². The van der Waals surface area contributed by atoms with Gasteiger partial charge in [-0.25, -0.2) is 4.98 Å². The minimum atomic E-state index is 0.0347. The maximum atomic E-state index is 12.9. The molecule has 2 fully saturated rings. The molecule has 31 heavy (non-hydrogen) atoms. The highest BCUT2D eigenvalue weighted by Crippen LogP contribution is 2.47. The molecule has 3 atom stereocenters. The average molecular weight is 431 g/mol. The molecule has 4 heteroatoms. The van der Waals surface area contributed by atoms with Crippen molar-refractivity contribution in [1.29, 1.82) is 0 Å². The van der Waals surface area contributed by atoms with Crippen LogP contribution in [0, 0.1) is 17.8 Å². The topological polar surface area (TPSA) is 42.0 Å². The van der Waals surface area contributed by atoms with Crippen LogP contribution in [0.4, 0.5) is 0 Å². The number of hydrogen-bond donors (Lipinski definition) is 1. The molecule has 0 aliphatic heterocycles. The van der Waals surface area contributed by atoms with Gasteiger partial charge in [-0.3, -0.25) is 4.79 Å². The lowest BCUT2D eigenvalue weighted by Gasteiger charge is -2.22. The Bertz CT molecular complexity index is 1060. The Kier molecular flexibility index (Phi) is 6.26. The number of pyridine rings is 1. The number of carbonyl (C=O) groups is 1. The molecule has 5 rings (SSSR count). The molecule has 1 N–H and O–H groups in total. The first kappa shape index (κ1) is 20.6. The van der Waals surface area contributed by atoms with E-state index in [1.54, 1.807) is 18.0 Å². The second-order valence-electron chi connectivity index (χ2n) is 9.09. The fourth-order valence-electron chi connectivity index (χ4n) is 5.57. The standard InChI is InChI=1S/C27H30N2OS/c30-26(29-18-23-17-19-12-13-22(23)16-19)25-11-4-14-28-27(25)31-15-5-9-21-8-3-7-20-6-1-2-10-24(20)21/h1-4,6-8,10-11,14,19,22-23H,5,9,12-13,15-18H2,(H,29,30). The van der Waals surface area contributed by atoms with Crippen LogP contribution in [0.5, 0.6) is 0 Å². The van der Waals surface area contributed by atoms with Crippen LogP contribution >= 0.6 is 11.8 Å². The maximum absolute atomic E-state index is 12.9. The highest BCUT2D eigenvalue weighted by atomic mass is 32.2. The zero-order valence-electron chi connectivity index (χ0n) is 17.9. The van der Waals surface area contributed by atoms with E-state index >= 15 is 0 Å². The Balaban J connectivity index is 1.15. The van der Waals surface area contributed by atoms with Crippen molar-refractivity contribution in [2.75, 3.05) is 12.3 Å². The molecule has 2 bridgehead atoms. The van der Waals surface area contributed by atoms with Crippen molar-refractivity contribution in [2.45, 2.75) is 43.6 Å². The predicted octanol–water partition coefficient (Wildman–Crippen LogP) is 6.13. The van der Waals surface area contributed by atoms with Crippen LogP contribution in [0.1, 0.15) is 48.0 Å². The zero-order valence-corrected chi connectivity index (χ0v) is 18.7. The van der Waals surface area contributed by atoms with E-state index < -0.39 is 0 Å². The van der Waals surface area contributed by atoms with Crippen molar-refractivity contribution in [3.8, 4) is 0 Å². The Hall–Kier alpha value is -2.33. The van der Waals surface area contributed by atoms with Crippen LogP contribution < -0.4 is 5.32 Å². The van der Waals surface area contributed by atoms with Gasteiger partial charge < -0.3 is 5.32 Å². The Morgan fingerprint density at radius 2 is 1.94 bits per heavy atom. The van der Waals surface area contributed by atoms with Gasteiger partial charge in [-0.15, -0.1) is 11.8 Å². The highest BCUT2D eigenvalue weighted by Gasteiger charge is 2.39. The lowest BCUT2D eigenvalue weighted by molar-refractivity contribution is 0.0938. The van der Waals surface area contributed by atoms with Gasteiger partial charge in [-0.1, -0.05) is 48.9 Å². The van der Waals surface area contributed by atoms with Crippen LogP contribution in [0.2, 0.25) is 0 Å². The van der Waals surface area contributed by atoms with Crippen LogP contribution in [0.3, 0.4) is 0 Å². The minimum Gasteiger partial charge on any atom is -0.352 e. The molecule has 2 aliphatic carbocycles. The van der Waals surface area contributed by atoms with Crippen molar-refractivity contribution in [1.82, 2.24) is 10.3 Å². The molecule has 0 radical (unpaired) electrons. The summed E-state index contributed by atoms with van der Waals surface area (Å²) >= 11 is 1.70. The quantitative estimate of drug-likeness (QED) is 0.345. The monoisotopic (exact) mass is 430 g/mol. The third kappa shape index (κ3) is 4.64. The van der Waals surface area contributed by atoms with Crippen LogP contribution in [-0.4, -0.2) is 23.2 Å². The van der Waals surface area contributed by atoms with Gasteiger partial charge in [0.25, 0.3) is 5.91 Å². The molecule has 1 heterocycles. The Labute approximate surface area is 189 Å². The Morgan fingerprint density at radius 3 is 2.81 bits per heavy atom. The van der Waals surface area contributed by atoms with Crippen molar-refractivity contribution in [2.24, 2.45) is 17.8 Å². The van der Waals surface area contributed by atoms with E-state index in [0.717, 1.165) is 47.6 Å². The number of thioether (sulfide) groups is 1. The van der Waals surface area contributed by atoms with Crippen LogP contribution in [-0.2, 0) is 6.42 Å². The average Bonchev–Trinajstić information content (AvgIpc) is 3.44. The predicted molar refractivity (Wildman–Crippen MR) is 129 cm³/mol. The van der Waals surface area contributed by atoms with Gasteiger partial charge in [0, 0.05) is 12.7 Å². The summed E-state index contributed by atoms with van der Waals surface area (Å²) in [7, 11) is 0. The number of nitrogens with one attached hydrogen (secondary N) is 1. The van der Waals surface area contributed by atoms with Gasteiger partial charge in [0.1, 0.15) is 5.03 Å². The number of fused-ring (bicyclic) bond motifs is 3. The van der Waals surface area contributed by atoms with E-state index in [9.17, 15) is 4.79 Å². The molecule has 3 unspecified atom stereocenters. The van der Waals surface area contributed by atoms with E-state index in [0.29, 0.717) is 5.92 Å². The van der Waals surface area contributed by atoms with Crippen LogP contribution in [0.25, 0.3) is 10.8 Å². The fraction of sp³-hybridized carbons (Fsp3) is 0.407. The van der Waals surface area contributed by atoms with Gasteiger partial charge >= 0.3 is 0 Å². The van der Waals surface area contributed by atoms with Gasteiger partial charge in [0.15, 0.2) is 0 Å². The van der Waals surface area contributed by atoms with Crippen molar-refractivity contribution in [3.05, 3.63) is 71.9 Å². The summed E-state index contributed by atoms with van der Waals surface area (Å²) in [5.41, 5.74) is 2.12. The summed E-state index contributed by atoms with van der Waals surface area (Å²) < 4.78 is 0. The van der Waals surface area contributed by atoms with Gasteiger partial charge in [-0.2, -0.15) is 0 Å². The molecule has 0 saturated heterocycles. The van der Waals surface area contributed by atoms with E-state index in [-0.39, 0.29) is 5.91 Å². The van der Waals surface area contributed by atoms with E-state index in [2.05, 4.69) is 52.8 Å². The maximum Gasteiger partial charge on any atom is 0.254 e. The fourth-order valence-corrected chi connectivity index (χ4v) is 6.50. The second kappa shape index (κ2) is 9.44. The second-order valence-corrected chi connectivity index (χ2v) is 10.2. The lowest BCUT2D eigenvalue weighted by Crippen LogP contribution is -2.32. The van der Waals surface area contributed by atoms with Gasteiger partial charge in [0.05, 0.1) is 5.56 Å². The number of benzene rings is 2. The van der Waals surface area contributed by atoms with Crippen molar-refractivity contribution >= 4 is 28.4 Å². The smallest absolute Gasteiger partial charge is 0.254 e. The molecule has 1 aromatic heterocycles. The van der Waals surface area contributed by atoms with E-state index in [4.69, 9.17) is 0 Å². The molecule has 2 saturated carbocycles. The van der Waals surface area contributed by atoms with Crippen LogP contribution in [0.15, 0.2) is 65.8 Å². The van der Waals surface area contributed by atoms with E-state index in [1.807, 2.05) is 12.1 Å². The van der Waals surface area contributed by atoms with Crippen molar-refractivity contribution in [3.63, 3.8) is 0 Å². The lowest BCUT2D eigenvalue weighted by atomic mass is 9.89. The SMILES string of the molecule is O=C(NCC1CC2CCC1C2)c1cccnc1SCCCc1cccc2ccccc12. The summed E-state index contributed by atoms with van der Waals surface area (Å²) in [5, 5.41) is 6.70. The third-order valence-electron chi connectivity index (χ3n) is 7.13. The molecule has 3 nitrogen and oxygen atoms in total. The summed E-state index contributed by atoms with van der Waals surface area (Å²) in [6.07, 6.45) is 9.32. The molecule has 160 valence electrons. The molecular weight excluding hydrogens is 400 g/mol. The first-order valence-electron chi connectivity index (χ1n) is 11.6. The molecule has 2 aliphatic rings. The first-order chi connectivity index (χ1) is 15.3. The largest absolute Gasteiger partial charge is 0.352 e. The number of nitrogens with zero attached hydrogens (tertiary/aromatic N) is 1. The number of carbonyl (C=O) groups excluding carboxylic acids is 1. The number of aromatic nitrogens is 1. The normalized spacial score (nSPS) is 22.1. The first-order valence-corrected chi connectivity index (χ1v) is 12.6. The summed E-state index contributed by atoms with van der Waals surface area (Å²) in [6, 6.07) is 18.9. The molecule has 0 spiro atoms. The summed E-state index contributed by atoms with van der Waals surface area (Å²) in [6.45, 7) is 0.820.